The van der Waals surface area contributed by atoms with Gasteiger partial charge in [-0.05, 0) is 24.6 Å². The molecule has 1 atom stereocenters. The molecule has 0 fully saturated rings. The summed E-state index contributed by atoms with van der Waals surface area (Å²) in [5.41, 5.74) is 0. The van der Waals surface area contributed by atoms with Crippen molar-refractivity contribution in [3.05, 3.63) is 37.1 Å². The fraction of sp³-hybridized carbons (Fsp3) is 0.500. The molecular formula is C12H21N. The Bertz CT molecular complexity index is 168. The topological polar surface area (TPSA) is 12.0 Å². The van der Waals surface area contributed by atoms with Crippen molar-refractivity contribution in [1.82, 2.24) is 5.32 Å². The zero-order valence-electron chi connectivity index (χ0n) is 8.79. The highest BCUT2D eigenvalue weighted by molar-refractivity contribution is 5.08. The summed E-state index contributed by atoms with van der Waals surface area (Å²) >= 11 is 0. The second kappa shape index (κ2) is 9.11. The second-order valence-electron chi connectivity index (χ2n) is 3.24. The first-order valence-corrected chi connectivity index (χ1v) is 4.98. The molecule has 0 aliphatic carbocycles. The van der Waals surface area contributed by atoms with E-state index >= 15 is 0 Å². The Balaban J connectivity index is 3.29. The smallest absolute Gasteiger partial charge is 0.0144 e. The van der Waals surface area contributed by atoms with Gasteiger partial charge >= 0.3 is 0 Å². The molecule has 1 N–H and O–H groups in total. The third kappa shape index (κ3) is 8.93. The zero-order valence-corrected chi connectivity index (χ0v) is 8.79. The fourth-order valence-corrected chi connectivity index (χ4v) is 0.884. The van der Waals surface area contributed by atoms with Gasteiger partial charge in [0, 0.05) is 6.54 Å². The lowest BCUT2D eigenvalue weighted by atomic mass is 10.1. The van der Waals surface area contributed by atoms with E-state index < -0.39 is 0 Å². The molecule has 0 aliphatic heterocycles. The van der Waals surface area contributed by atoms with Crippen molar-refractivity contribution in [2.75, 3.05) is 6.54 Å². The van der Waals surface area contributed by atoms with Gasteiger partial charge in [0.05, 0.1) is 0 Å². The van der Waals surface area contributed by atoms with Crippen LogP contribution in [0, 0.1) is 5.92 Å². The van der Waals surface area contributed by atoms with Crippen molar-refractivity contribution < 1.29 is 0 Å². The summed E-state index contributed by atoms with van der Waals surface area (Å²) in [6.07, 6.45) is 12.1. The van der Waals surface area contributed by atoms with Gasteiger partial charge in [-0.3, -0.25) is 0 Å². The van der Waals surface area contributed by atoms with Gasteiger partial charge in [-0.15, -0.1) is 0 Å². The van der Waals surface area contributed by atoms with E-state index in [1.54, 1.807) is 6.08 Å². The van der Waals surface area contributed by atoms with Crippen LogP contribution in [0.3, 0.4) is 0 Å². The molecule has 1 unspecified atom stereocenters. The standard InChI is InChI=1S/C12H21N/c1-4-6-7-8-10-13-11-9-12(3)5-2/h4,6-8,10,12-13H,1,5,9,11H2,2-3H3/b7-6-,10-8-. The molecule has 1 heteroatoms. The van der Waals surface area contributed by atoms with E-state index in [2.05, 4.69) is 25.7 Å². The van der Waals surface area contributed by atoms with Crippen LogP contribution in [0.1, 0.15) is 26.7 Å². The monoisotopic (exact) mass is 179 g/mol. The second-order valence-corrected chi connectivity index (χ2v) is 3.24. The van der Waals surface area contributed by atoms with Crippen LogP contribution in [0.25, 0.3) is 0 Å². The van der Waals surface area contributed by atoms with Gasteiger partial charge in [0.1, 0.15) is 0 Å². The predicted octanol–water partition coefficient (Wildman–Crippen LogP) is 3.27. The normalized spacial score (nSPS) is 13.7. The first-order valence-electron chi connectivity index (χ1n) is 4.98. The number of hydrogen-bond acceptors (Lipinski definition) is 1. The van der Waals surface area contributed by atoms with Gasteiger partial charge in [-0.2, -0.15) is 0 Å². The van der Waals surface area contributed by atoms with Crippen molar-refractivity contribution in [2.45, 2.75) is 26.7 Å². The molecule has 0 saturated carbocycles. The molecular weight excluding hydrogens is 158 g/mol. The molecule has 0 aromatic heterocycles. The first kappa shape index (κ1) is 12.0. The van der Waals surface area contributed by atoms with Crippen LogP contribution >= 0.6 is 0 Å². The summed E-state index contributed by atoms with van der Waals surface area (Å²) in [5.74, 6) is 0.824. The van der Waals surface area contributed by atoms with Crippen LogP contribution in [0.2, 0.25) is 0 Å². The number of hydrogen-bond donors (Lipinski definition) is 1. The maximum Gasteiger partial charge on any atom is 0.0144 e. The van der Waals surface area contributed by atoms with Gasteiger partial charge in [0.15, 0.2) is 0 Å². The Morgan fingerprint density at radius 1 is 1.31 bits per heavy atom. The lowest BCUT2D eigenvalue weighted by Gasteiger charge is -2.06. The van der Waals surface area contributed by atoms with Crippen molar-refractivity contribution in [1.29, 1.82) is 0 Å². The molecule has 0 amide bonds. The molecule has 0 spiro atoms. The summed E-state index contributed by atoms with van der Waals surface area (Å²) in [7, 11) is 0. The molecule has 74 valence electrons. The van der Waals surface area contributed by atoms with Crippen molar-refractivity contribution in [3.63, 3.8) is 0 Å². The van der Waals surface area contributed by atoms with E-state index in [9.17, 15) is 0 Å². The average molecular weight is 179 g/mol. The Kier molecular flexibility index (Phi) is 8.42. The molecule has 13 heavy (non-hydrogen) atoms. The predicted molar refractivity (Wildman–Crippen MR) is 60.6 cm³/mol. The quantitative estimate of drug-likeness (QED) is 0.467. The van der Waals surface area contributed by atoms with Gasteiger partial charge in [0.25, 0.3) is 0 Å². The van der Waals surface area contributed by atoms with Crippen LogP contribution in [0.5, 0.6) is 0 Å². The summed E-state index contributed by atoms with van der Waals surface area (Å²) < 4.78 is 0. The molecule has 0 aliphatic rings. The summed E-state index contributed by atoms with van der Waals surface area (Å²) in [4.78, 5) is 0. The van der Waals surface area contributed by atoms with Crippen molar-refractivity contribution in [2.24, 2.45) is 5.92 Å². The summed E-state index contributed by atoms with van der Waals surface area (Å²) in [6.45, 7) is 9.16. The highest BCUT2D eigenvalue weighted by atomic mass is 14.8. The van der Waals surface area contributed by atoms with Crippen LogP contribution < -0.4 is 5.32 Å². The Morgan fingerprint density at radius 2 is 2.08 bits per heavy atom. The molecule has 0 rings (SSSR count). The SMILES string of the molecule is C=C/C=C\C=C/NCCC(C)CC. The van der Waals surface area contributed by atoms with Crippen molar-refractivity contribution >= 4 is 0 Å². The van der Waals surface area contributed by atoms with Crippen LogP contribution in [-0.4, -0.2) is 6.54 Å². The van der Waals surface area contributed by atoms with Gasteiger partial charge < -0.3 is 5.32 Å². The molecule has 1 nitrogen and oxygen atoms in total. The maximum absolute atomic E-state index is 3.59. The van der Waals surface area contributed by atoms with Crippen LogP contribution in [0.4, 0.5) is 0 Å². The summed E-state index contributed by atoms with van der Waals surface area (Å²) in [5, 5.41) is 3.24. The van der Waals surface area contributed by atoms with Crippen LogP contribution in [0.15, 0.2) is 37.1 Å². The van der Waals surface area contributed by atoms with Crippen LogP contribution in [-0.2, 0) is 0 Å². The molecule has 0 aromatic rings. The fourth-order valence-electron chi connectivity index (χ4n) is 0.884. The van der Waals surface area contributed by atoms with Gasteiger partial charge in [-0.1, -0.05) is 45.1 Å². The molecule has 0 radical (unpaired) electrons. The number of rotatable bonds is 7. The number of nitrogens with one attached hydrogen (secondary N) is 1. The van der Waals surface area contributed by atoms with Crippen molar-refractivity contribution in [3.8, 4) is 0 Å². The molecule has 0 aromatic carbocycles. The lowest BCUT2D eigenvalue weighted by Crippen LogP contribution is -2.10. The van der Waals surface area contributed by atoms with E-state index in [4.69, 9.17) is 0 Å². The third-order valence-corrected chi connectivity index (χ3v) is 2.05. The highest BCUT2D eigenvalue weighted by Gasteiger charge is 1.95. The van der Waals surface area contributed by atoms with E-state index in [0.717, 1.165) is 12.5 Å². The van der Waals surface area contributed by atoms with Gasteiger partial charge in [0.2, 0.25) is 0 Å². The summed E-state index contributed by atoms with van der Waals surface area (Å²) in [6, 6.07) is 0. The Hall–Kier alpha value is -0.980. The highest BCUT2D eigenvalue weighted by Crippen LogP contribution is 2.03. The first-order chi connectivity index (χ1) is 6.31. The lowest BCUT2D eigenvalue weighted by molar-refractivity contribution is 0.508. The van der Waals surface area contributed by atoms with E-state index in [0.29, 0.717) is 0 Å². The largest absolute Gasteiger partial charge is 0.391 e. The maximum atomic E-state index is 3.59. The Labute approximate surface area is 82.2 Å². The van der Waals surface area contributed by atoms with E-state index in [1.807, 2.05) is 24.4 Å². The molecule has 0 heterocycles. The van der Waals surface area contributed by atoms with E-state index in [1.165, 1.54) is 12.8 Å². The minimum absolute atomic E-state index is 0.824. The third-order valence-electron chi connectivity index (χ3n) is 2.05. The number of allylic oxidation sites excluding steroid dienone is 4. The average Bonchev–Trinajstić information content (AvgIpc) is 2.16. The van der Waals surface area contributed by atoms with Gasteiger partial charge in [-0.25, -0.2) is 0 Å². The molecule has 0 bridgehead atoms. The molecule has 0 saturated heterocycles. The zero-order chi connectivity index (χ0) is 9.94. The Morgan fingerprint density at radius 3 is 2.69 bits per heavy atom. The van der Waals surface area contributed by atoms with E-state index in [-0.39, 0.29) is 0 Å². The minimum atomic E-state index is 0.824. The minimum Gasteiger partial charge on any atom is -0.391 e.